The maximum atomic E-state index is 13.1. The minimum Gasteiger partial charge on any atom is -0.462 e. The molecule has 106 heavy (non-hydrogen) atoms. The van der Waals surface area contributed by atoms with E-state index in [2.05, 4.69) is 198 Å². The Morgan fingerprint density at radius 2 is 0.491 bits per heavy atom. The van der Waals surface area contributed by atoms with E-state index < -0.39 is 97.5 Å². The summed E-state index contributed by atoms with van der Waals surface area (Å²) < 4.78 is 68.6. The topological polar surface area (TPSA) is 237 Å². The lowest BCUT2D eigenvalue weighted by atomic mass is 10.1. The Labute approximate surface area is 642 Å². The molecule has 0 bridgehead atoms. The van der Waals surface area contributed by atoms with Gasteiger partial charge in [-0.1, -0.05) is 288 Å². The molecule has 0 aliphatic heterocycles. The Morgan fingerprint density at radius 3 is 0.764 bits per heavy atom. The first-order valence-corrected chi connectivity index (χ1v) is 43.4. The van der Waals surface area contributed by atoms with Crippen molar-refractivity contribution in [2.75, 3.05) is 39.6 Å². The summed E-state index contributed by atoms with van der Waals surface area (Å²) in [5.74, 6) is -2.28. The van der Waals surface area contributed by atoms with E-state index >= 15 is 0 Å². The van der Waals surface area contributed by atoms with Crippen LogP contribution in [0.4, 0.5) is 0 Å². The lowest BCUT2D eigenvalue weighted by molar-refractivity contribution is -0.161. The number of hydrogen-bond donors (Lipinski definition) is 3. The smallest absolute Gasteiger partial charge is 0.462 e. The Hall–Kier alpha value is -5.58. The van der Waals surface area contributed by atoms with Gasteiger partial charge >= 0.3 is 39.5 Å². The number of ether oxygens (including phenoxy) is 4. The normalized spacial score (nSPS) is 14.7. The van der Waals surface area contributed by atoms with Crippen molar-refractivity contribution in [3.63, 3.8) is 0 Å². The standard InChI is InChI=1S/C87H142O17P2/c1-5-9-13-17-21-25-29-32-35-38-40-43-45-48-52-55-59-63-67-71-84(89)97-77-82(103-86(91)73-69-65-61-57-51-28-24-20-16-12-8-4)79-101-105(93,94)99-75-81(88)76-100-106(95,96)102-80-83(104-87(92)74-70-66-62-58-54-50-47-42-37-34-31-27-23-19-15-11-7-3)78-98-85(90)72-68-64-60-56-53-49-46-44-41-39-36-33-30-26-22-18-14-10-6-2/h9-11,13-15,21-23,25-27,32-37,40-41,43-44,47-50,52-53,81-83,88H,5-8,12,16-20,24,28-31,38-39,42,45-46,51,54-80H2,1-4H3,(H,93,94)(H,95,96)/b13-9-,14-10-,15-11-,25-21-,26-22-,27-23-,35-32-,36-33-,37-34-,43-40-,44-41-,50-47-,52-48-,53-49-. The van der Waals surface area contributed by atoms with Crippen molar-refractivity contribution >= 4 is 39.5 Å². The van der Waals surface area contributed by atoms with E-state index in [1.54, 1.807) is 0 Å². The molecule has 19 heteroatoms. The van der Waals surface area contributed by atoms with E-state index in [1.165, 1.54) is 38.5 Å². The van der Waals surface area contributed by atoms with Crippen molar-refractivity contribution in [3.05, 3.63) is 170 Å². The van der Waals surface area contributed by atoms with E-state index in [0.717, 1.165) is 180 Å². The lowest BCUT2D eigenvalue weighted by Gasteiger charge is -2.21. The number of phosphoric acid groups is 2. The minimum atomic E-state index is -5.00. The van der Waals surface area contributed by atoms with Gasteiger partial charge in [0.05, 0.1) is 26.4 Å². The highest BCUT2D eigenvalue weighted by Gasteiger charge is 2.30. The average molecular weight is 1520 g/mol. The largest absolute Gasteiger partial charge is 0.472 e. The minimum absolute atomic E-state index is 0.0528. The summed E-state index contributed by atoms with van der Waals surface area (Å²) in [5, 5.41) is 10.6. The summed E-state index contributed by atoms with van der Waals surface area (Å²) >= 11 is 0. The van der Waals surface area contributed by atoms with Gasteiger partial charge in [-0.05, 0) is 154 Å². The van der Waals surface area contributed by atoms with Crippen molar-refractivity contribution in [1.29, 1.82) is 0 Å². The first kappa shape index (κ1) is 100. The predicted molar refractivity (Wildman–Crippen MR) is 436 cm³/mol. The number of aliphatic hydroxyl groups excluding tert-OH is 1. The number of esters is 4. The molecule has 0 fully saturated rings. The molecule has 602 valence electrons. The Morgan fingerprint density at radius 1 is 0.274 bits per heavy atom. The maximum absolute atomic E-state index is 13.1. The number of carbonyl (C=O) groups is 4. The molecule has 5 atom stereocenters. The van der Waals surface area contributed by atoms with Crippen LogP contribution >= 0.6 is 15.6 Å². The number of carbonyl (C=O) groups excluding carboxylic acids is 4. The van der Waals surface area contributed by atoms with Gasteiger partial charge in [-0.2, -0.15) is 0 Å². The molecular weight excluding hydrogens is 1380 g/mol. The van der Waals surface area contributed by atoms with Crippen LogP contribution in [0.15, 0.2) is 170 Å². The molecule has 0 spiro atoms. The summed E-state index contributed by atoms with van der Waals surface area (Å²) in [4.78, 5) is 73.0. The zero-order valence-corrected chi connectivity index (χ0v) is 67.6. The average Bonchev–Trinajstić information content (AvgIpc) is 0.919. The number of unbranched alkanes of at least 4 members (excludes halogenated alkanes) is 20. The van der Waals surface area contributed by atoms with Crippen LogP contribution in [0.25, 0.3) is 0 Å². The monoisotopic (exact) mass is 1520 g/mol. The molecule has 17 nitrogen and oxygen atoms in total. The second-order valence-corrected chi connectivity index (χ2v) is 29.1. The maximum Gasteiger partial charge on any atom is 0.472 e. The third-order valence-corrected chi connectivity index (χ3v) is 18.1. The molecule has 0 radical (unpaired) electrons. The highest BCUT2D eigenvalue weighted by atomic mass is 31.2. The van der Waals surface area contributed by atoms with Gasteiger partial charge in [0.2, 0.25) is 0 Å². The highest BCUT2D eigenvalue weighted by molar-refractivity contribution is 7.47. The number of phosphoric ester groups is 2. The van der Waals surface area contributed by atoms with E-state index in [0.29, 0.717) is 25.7 Å². The molecule has 0 aliphatic rings. The van der Waals surface area contributed by atoms with E-state index in [4.69, 9.17) is 37.0 Å². The summed E-state index contributed by atoms with van der Waals surface area (Å²) in [7, 11) is -9.99. The van der Waals surface area contributed by atoms with Crippen LogP contribution in [0.1, 0.15) is 297 Å². The summed E-state index contributed by atoms with van der Waals surface area (Å²) in [6.45, 7) is 4.42. The quantitative estimate of drug-likeness (QED) is 0.0169. The third-order valence-electron chi connectivity index (χ3n) is 16.2. The summed E-state index contributed by atoms with van der Waals surface area (Å²) in [6, 6.07) is 0. The van der Waals surface area contributed by atoms with Crippen LogP contribution in [0.2, 0.25) is 0 Å². The first-order valence-electron chi connectivity index (χ1n) is 40.4. The van der Waals surface area contributed by atoms with Gasteiger partial charge in [-0.25, -0.2) is 9.13 Å². The van der Waals surface area contributed by atoms with Crippen molar-refractivity contribution in [3.8, 4) is 0 Å². The lowest BCUT2D eigenvalue weighted by Crippen LogP contribution is -2.30. The van der Waals surface area contributed by atoms with E-state index in [1.807, 2.05) is 0 Å². The van der Waals surface area contributed by atoms with E-state index in [-0.39, 0.29) is 25.7 Å². The van der Waals surface area contributed by atoms with Gasteiger partial charge in [-0.3, -0.25) is 37.3 Å². The fourth-order valence-electron chi connectivity index (χ4n) is 10.1. The van der Waals surface area contributed by atoms with Crippen molar-refractivity contribution in [2.45, 2.75) is 316 Å². The van der Waals surface area contributed by atoms with Crippen LogP contribution in [-0.2, 0) is 65.4 Å². The molecule has 0 saturated heterocycles. The van der Waals surface area contributed by atoms with Gasteiger partial charge in [0.25, 0.3) is 0 Å². The van der Waals surface area contributed by atoms with Gasteiger partial charge < -0.3 is 33.8 Å². The third kappa shape index (κ3) is 76.6. The Balaban J connectivity index is 5.43. The van der Waals surface area contributed by atoms with Gasteiger partial charge in [0.15, 0.2) is 12.2 Å². The molecule has 0 aromatic rings. The second-order valence-electron chi connectivity index (χ2n) is 26.2. The van der Waals surface area contributed by atoms with Crippen LogP contribution in [0, 0.1) is 0 Å². The fourth-order valence-corrected chi connectivity index (χ4v) is 11.7. The molecule has 3 N–H and O–H groups in total. The number of aliphatic hydroxyl groups is 1. The Kier molecular flexibility index (Phi) is 73.5. The molecule has 5 unspecified atom stereocenters. The molecule has 0 amide bonds. The molecule has 0 rings (SSSR count). The molecule has 0 saturated carbocycles. The van der Waals surface area contributed by atoms with Crippen LogP contribution < -0.4 is 0 Å². The number of rotatable bonds is 74. The highest BCUT2D eigenvalue weighted by Crippen LogP contribution is 2.45. The Bertz CT molecular complexity index is 2680. The van der Waals surface area contributed by atoms with Crippen LogP contribution in [0.3, 0.4) is 0 Å². The van der Waals surface area contributed by atoms with Crippen molar-refractivity contribution < 1.29 is 80.2 Å². The summed E-state index contributed by atoms with van der Waals surface area (Å²) in [5.41, 5.74) is 0. The molecule has 0 heterocycles. The van der Waals surface area contributed by atoms with Gasteiger partial charge in [0, 0.05) is 25.7 Å². The van der Waals surface area contributed by atoms with Gasteiger partial charge in [0.1, 0.15) is 19.3 Å². The SMILES string of the molecule is CC/C=C\C/C=C\C/C=C\C/C=C\C/C=C\CCCCCC(=O)OCC(COP(=O)(O)OCC(O)COP(=O)(O)OCC(COC(=O)CCCCC/C=C\C/C=C\C/C=C\C/C=C\C/C=C\CC)OC(=O)CCCCCCCCCCCCC)OC(=O)CCCCCC/C=C\C/C=C\C/C=C\C/C=C\CC. The summed E-state index contributed by atoms with van der Waals surface area (Å²) in [6.07, 6.45) is 91.9. The molecular formula is C87H142O17P2. The van der Waals surface area contributed by atoms with Crippen LogP contribution in [0.5, 0.6) is 0 Å². The molecule has 0 aliphatic carbocycles. The van der Waals surface area contributed by atoms with Crippen LogP contribution in [-0.4, -0.2) is 96.7 Å². The molecule has 0 aromatic heterocycles. The van der Waals surface area contributed by atoms with Crippen molar-refractivity contribution in [1.82, 2.24) is 0 Å². The fraction of sp³-hybridized carbons (Fsp3) is 0.632. The zero-order valence-electron chi connectivity index (χ0n) is 65.8. The second kappa shape index (κ2) is 77.6. The van der Waals surface area contributed by atoms with Crippen molar-refractivity contribution in [2.24, 2.45) is 0 Å². The molecule has 0 aromatic carbocycles. The number of hydrogen-bond acceptors (Lipinski definition) is 15. The van der Waals surface area contributed by atoms with Gasteiger partial charge in [-0.15, -0.1) is 0 Å². The van der Waals surface area contributed by atoms with E-state index in [9.17, 15) is 43.2 Å². The number of allylic oxidation sites excluding steroid dienone is 28. The predicted octanol–water partition coefficient (Wildman–Crippen LogP) is 23.8. The first-order chi connectivity index (χ1) is 51.7. The zero-order chi connectivity index (χ0) is 77.4.